The van der Waals surface area contributed by atoms with E-state index in [2.05, 4.69) is 39.1 Å². The molecule has 7 nitrogen and oxygen atoms in total. The molecule has 0 spiro atoms. The second-order valence-electron chi connectivity index (χ2n) is 8.64. The van der Waals surface area contributed by atoms with E-state index >= 15 is 0 Å². The van der Waals surface area contributed by atoms with E-state index < -0.39 is 0 Å². The molecule has 1 saturated heterocycles. The third kappa shape index (κ3) is 4.24. The van der Waals surface area contributed by atoms with E-state index in [1.807, 2.05) is 35.2 Å². The van der Waals surface area contributed by atoms with Gasteiger partial charge in [-0.3, -0.25) is 4.79 Å². The number of nitrogens with zero attached hydrogens (tertiary/aromatic N) is 5. The van der Waals surface area contributed by atoms with Crippen LogP contribution < -0.4 is 4.90 Å². The van der Waals surface area contributed by atoms with E-state index in [1.165, 1.54) is 0 Å². The minimum atomic E-state index is -0.0904. The summed E-state index contributed by atoms with van der Waals surface area (Å²) in [5.74, 6) is 2.75. The minimum Gasteiger partial charge on any atom is -0.354 e. The molecule has 2 aliphatic rings. The number of carbonyl (C=O) groups excluding carboxylic acids is 1. The Morgan fingerprint density at radius 2 is 1.94 bits per heavy atom. The fourth-order valence-electron chi connectivity index (χ4n) is 4.48. The highest BCUT2D eigenvalue weighted by atomic mass is 16.5. The third-order valence-electron chi connectivity index (χ3n) is 6.42. The van der Waals surface area contributed by atoms with Crippen LogP contribution in [-0.2, 0) is 4.79 Å². The fourth-order valence-corrected chi connectivity index (χ4v) is 4.48. The van der Waals surface area contributed by atoms with Crippen molar-refractivity contribution >= 4 is 11.7 Å². The van der Waals surface area contributed by atoms with Crippen LogP contribution in [0.4, 0.5) is 5.82 Å². The van der Waals surface area contributed by atoms with Gasteiger partial charge in [-0.2, -0.15) is 4.98 Å². The summed E-state index contributed by atoms with van der Waals surface area (Å²) >= 11 is 0. The lowest BCUT2D eigenvalue weighted by atomic mass is 9.95. The normalized spacial score (nSPS) is 17.8. The fraction of sp³-hybridized carbons (Fsp3) is 0.440. The number of hydrogen-bond donors (Lipinski definition) is 0. The second kappa shape index (κ2) is 9.10. The van der Waals surface area contributed by atoms with Gasteiger partial charge in [-0.15, -0.1) is 0 Å². The van der Waals surface area contributed by atoms with Crippen LogP contribution in [0.25, 0.3) is 11.5 Å². The molecule has 0 bridgehead atoms. The molecule has 1 aliphatic heterocycles. The van der Waals surface area contributed by atoms with E-state index in [9.17, 15) is 4.79 Å². The van der Waals surface area contributed by atoms with Gasteiger partial charge >= 0.3 is 0 Å². The van der Waals surface area contributed by atoms with Gasteiger partial charge in [0, 0.05) is 38.3 Å². The Kier molecular flexibility index (Phi) is 5.88. The molecule has 3 heterocycles. The van der Waals surface area contributed by atoms with E-state index in [0.29, 0.717) is 18.4 Å². The molecule has 1 aromatic carbocycles. The molecule has 5 rings (SSSR count). The van der Waals surface area contributed by atoms with Gasteiger partial charge in [0.15, 0.2) is 5.82 Å². The average Bonchev–Trinajstić information content (AvgIpc) is 3.62. The SMILES string of the molecule is CC[C@H](C(=O)N1CCCN(c2ncccc2-c2nc(C3CC3)no2)CC1)c1ccccc1. The van der Waals surface area contributed by atoms with Crippen LogP contribution >= 0.6 is 0 Å². The number of aromatic nitrogens is 3. The van der Waals surface area contributed by atoms with Crippen LogP contribution in [0.1, 0.15) is 55.8 Å². The van der Waals surface area contributed by atoms with Crippen molar-refractivity contribution in [2.45, 2.75) is 44.4 Å². The Morgan fingerprint density at radius 3 is 2.72 bits per heavy atom. The Labute approximate surface area is 188 Å². The number of pyridine rings is 1. The quantitative estimate of drug-likeness (QED) is 0.581. The zero-order chi connectivity index (χ0) is 21.9. The van der Waals surface area contributed by atoms with Gasteiger partial charge in [0.1, 0.15) is 5.82 Å². The Bertz CT molecular complexity index is 1060. The summed E-state index contributed by atoms with van der Waals surface area (Å²) in [5.41, 5.74) is 1.96. The molecule has 1 saturated carbocycles. The highest BCUT2D eigenvalue weighted by Crippen LogP contribution is 2.39. The monoisotopic (exact) mass is 431 g/mol. The summed E-state index contributed by atoms with van der Waals surface area (Å²) in [4.78, 5) is 26.9. The van der Waals surface area contributed by atoms with E-state index in [-0.39, 0.29) is 11.8 Å². The van der Waals surface area contributed by atoms with Crippen LogP contribution in [0, 0.1) is 0 Å². The maximum absolute atomic E-state index is 13.3. The maximum atomic E-state index is 13.3. The van der Waals surface area contributed by atoms with Crippen molar-refractivity contribution in [3.63, 3.8) is 0 Å². The molecule has 0 unspecified atom stereocenters. The summed E-state index contributed by atoms with van der Waals surface area (Å²) in [6.45, 7) is 5.08. The van der Waals surface area contributed by atoms with Gasteiger partial charge in [0.2, 0.25) is 5.91 Å². The van der Waals surface area contributed by atoms with Gasteiger partial charge in [-0.05, 0) is 43.4 Å². The van der Waals surface area contributed by atoms with E-state index in [1.54, 1.807) is 6.20 Å². The smallest absolute Gasteiger partial charge is 0.261 e. The zero-order valence-electron chi connectivity index (χ0n) is 18.5. The molecular formula is C25H29N5O2. The van der Waals surface area contributed by atoms with Gasteiger partial charge < -0.3 is 14.3 Å². The van der Waals surface area contributed by atoms with Crippen LogP contribution in [0.2, 0.25) is 0 Å². The van der Waals surface area contributed by atoms with Crippen LogP contribution in [0.3, 0.4) is 0 Å². The van der Waals surface area contributed by atoms with Crippen LogP contribution in [-0.4, -0.2) is 52.1 Å². The van der Waals surface area contributed by atoms with Gasteiger partial charge in [-0.25, -0.2) is 4.98 Å². The van der Waals surface area contributed by atoms with Crippen molar-refractivity contribution in [1.82, 2.24) is 20.0 Å². The summed E-state index contributed by atoms with van der Waals surface area (Å²) in [6.07, 6.45) is 5.76. The standard InChI is InChI=1S/C25H29N5O2/c1-2-20(18-8-4-3-5-9-18)25(31)30-15-7-14-29(16-17-30)23-21(10-6-13-26-23)24-27-22(28-32-24)19-11-12-19/h3-6,8-10,13,19-20H,2,7,11-12,14-17H2,1H3/t20-/m0/s1. The first-order valence-corrected chi connectivity index (χ1v) is 11.6. The second-order valence-corrected chi connectivity index (χ2v) is 8.64. The molecule has 2 fully saturated rings. The molecule has 7 heteroatoms. The number of amides is 1. The first-order valence-electron chi connectivity index (χ1n) is 11.6. The molecular weight excluding hydrogens is 402 g/mol. The molecule has 1 atom stereocenters. The lowest BCUT2D eigenvalue weighted by molar-refractivity contribution is -0.132. The molecule has 2 aromatic heterocycles. The Hall–Kier alpha value is -3.22. The largest absolute Gasteiger partial charge is 0.354 e. The average molecular weight is 432 g/mol. The molecule has 0 N–H and O–H groups in total. The summed E-state index contributed by atoms with van der Waals surface area (Å²) < 4.78 is 5.58. The van der Waals surface area contributed by atoms with Crippen LogP contribution in [0.15, 0.2) is 53.2 Å². The minimum absolute atomic E-state index is 0.0904. The topological polar surface area (TPSA) is 75.4 Å². The molecule has 166 valence electrons. The maximum Gasteiger partial charge on any atom is 0.261 e. The van der Waals surface area contributed by atoms with Crippen molar-refractivity contribution in [3.05, 3.63) is 60.0 Å². The summed E-state index contributed by atoms with van der Waals surface area (Å²) in [5, 5.41) is 4.17. The predicted octanol–water partition coefficient (Wildman–Crippen LogP) is 4.24. The van der Waals surface area contributed by atoms with Crippen molar-refractivity contribution in [1.29, 1.82) is 0 Å². The lowest BCUT2D eigenvalue weighted by Crippen LogP contribution is -2.38. The van der Waals surface area contributed by atoms with Gasteiger partial charge in [0.25, 0.3) is 5.89 Å². The Morgan fingerprint density at radius 1 is 1.09 bits per heavy atom. The van der Waals surface area contributed by atoms with E-state index in [0.717, 1.165) is 68.1 Å². The Balaban J connectivity index is 1.32. The lowest BCUT2D eigenvalue weighted by Gasteiger charge is -2.26. The molecule has 0 radical (unpaired) electrons. The summed E-state index contributed by atoms with van der Waals surface area (Å²) in [6, 6.07) is 14.0. The molecule has 1 amide bonds. The van der Waals surface area contributed by atoms with Crippen molar-refractivity contribution in [2.24, 2.45) is 0 Å². The van der Waals surface area contributed by atoms with Crippen LogP contribution in [0.5, 0.6) is 0 Å². The van der Waals surface area contributed by atoms with E-state index in [4.69, 9.17) is 4.52 Å². The highest BCUT2D eigenvalue weighted by molar-refractivity contribution is 5.84. The summed E-state index contributed by atoms with van der Waals surface area (Å²) in [7, 11) is 0. The van der Waals surface area contributed by atoms with Gasteiger partial charge in [-0.1, -0.05) is 42.4 Å². The number of benzene rings is 1. The third-order valence-corrected chi connectivity index (χ3v) is 6.42. The van der Waals surface area contributed by atoms with Gasteiger partial charge in [0.05, 0.1) is 11.5 Å². The molecule has 32 heavy (non-hydrogen) atoms. The number of rotatable bonds is 6. The van der Waals surface area contributed by atoms with Crippen molar-refractivity contribution in [2.75, 3.05) is 31.1 Å². The van der Waals surface area contributed by atoms with Crippen molar-refractivity contribution in [3.8, 4) is 11.5 Å². The molecule has 3 aromatic rings. The predicted molar refractivity (Wildman–Crippen MR) is 122 cm³/mol. The first kappa shape index (κ1) is 20.7. The molecule has 1 aliphatic carbocycles. The zero-order valence-corrected chi connectivity index (χ0v) is 18.5. The number of carbonyl (C=O) groups is 1. The highest BCUT2D eigenvalue weighted by Gasteiger charge is 2.31. The number of hydrogen-bond acceptors (Lipinski definition) is 6. The van der Waals surface area contributed by atoms with Crippen molar-refractivity contribution < 1.29 is 9.32 Å². The first-order chi connectivity index (χ1) is 15.7. The number of anilines is 1.